The molecule has 0 amide bonds. The first-order chi connectivity index (χ1) is 15.5. The molecule has 1 atom stereocenters. The summed E-state index contributed by atoms with van der Waals surface area (Å²) in [7, 11) is 4.30. The molecule has 2 aromatic heterocycles. The fourth-order valence-corrected chi connectivity index (χ4v) is 5.14. The van der Waals surface area contributed by atoms with Gasteiger partial charge in [0.25, 0.3) is 0 Å². The van der Waals surface area contributed by atoms with E-state index in [2.05, 4.69) is 84.5 Å². The highest BCUT2D eigenvalue weighted by Crippen LogP contribution is 2.28. The predicted octanol–water partition coefficient (Wildman–Crippen LogP) is 4.84. The second-order valence-electron chi connectivity index (χ2n) is 9.42. The maximum Gasteiger partial charge on any atom is 0.118 e. The third-order valence-corrected chi connectivity index (χ3v) is 7.01. The summed E-state index contributed by atoms with van der Waals surface area (Å²) in [4.78, 5) is 5.12. The first kappa shape index (κ1) is 22.8. The van der Waals surface area contributed by atoms with Gasteiger partial charge >= 0.3 is 0 Å². The Morgan fingerprint density at radius 1 is 1.09 bits per heavy atom. The third-order valence-electron chi connectivity index (χ3n) is 7.01. The van der Waals surface area contributed by atoms with Crippen LogP contribution in [0.1, 0.15) is 48.1 Å². The average Bonchev–Trinajstić information content (AvgIpc) is 3.38. The van der Waals surface area contributed by atoms with Crippen LogP contribution in [0.2, 0.25) is 0 Å². The maximum atomic E-state index is 5.95. The van der Waals surface area contributed by atoms with Gasteiger partial charge in [-0.2, -0.15) is 5.10 Å². The van der Waals surface area contributed by atoms with Gasteiger partial charge in [-0.15, -0.1) is 0 Å². The van der Waals surface area contributed by atoms with Gasteiger partial charge in [-0.3, -0.25) is 14.5 Å². The molecule has 4 rings (SSSR count). The number of piperidine rings is 1. The highest BCUT2D eigenvalue weighted by atomic mass is 16.3. The molecule has 1 aromatic carbocycles. The summed E-state index contributed by atoms with van der Waals surface area (Å²) in [5, 5.41) is 4.55. The molecule has 3 aromatic rings. The van der Waals surface area contributed by atoms with E-state index in [9.17, 15) is 0 Å². The van der Waals surface area contributed by atoms with Crippen LogP contribution in [0, 0.1) is 12.8 Å². The second-order valence-corrected chi connectivity index (χ2v) is 9.42. The smallest absolute Gasteiger partial charge is 0.118 e. The van der Waals surface area contributed by atoms with Crippen molar-refractivity contribution in [3.63, 3.8) is 0 Å². The van der Waals surface area contributed by atoms with E-state index in [0.717, 1.165) is 56.2 Å². The average molecular weight is 435 g/mol. The summed E-state index contributed by atoms with van der Waals surface area (Å²) in [6.45, 7) is 8.41. The number of benzene rings is 1. The van der Waals surface area contributed by atoms with Crippen LogP contribution in [0.15, 0.2) is 53.1 Å². The van der Waals surface area contributed by atoms with Crippen molar-refractivity contribution in [3.05, 3.63) is 77.0 Å². The van der Waals surface area contributed by atoms with Crippen molar-refractivity contribution in [3.8, 4) is 0 Å². The number of nitrogens with zero attached hydrogens (tertiary/aromatic N) is 4. The van der Waals surface area contributed by atoms with Crippen LogP contribution in [0.4, 0.5) is 0 Å². The molecule has 1 aliphatic heterocycles. The minimum Gasteiger partial charge on any atom is -0.465 e. The first-order valence-electron chi connectivity index (χ1n) is 12.0. The van der Waals surface area contributed by atoms with E-state index in [4.69, 9.17) is 4.42 Å². The largest absolute Gasteiger partial charge is 0.465 e. The van der Waals surface area contributed by atoms with Crippen LogP contribution in [0.3, 0.4) is 0 Å². The van der Waals surface area contributed by atoms with Gasteiger partial charge < -0.3 is 4.42 Å². The lowest BCUT2D eigenvalue weighted by molar-refractivity contribution is 0.0919. The third kappa shape index (κ3) is 5.70. The van der Waals surface area contributed by atoms with Gasteiger partial charge in [0.15, 0.2) is 0 Å². The number of rotatable bonds is 9. The highest BCUT2D eigenvalue weighted by Gasteiger charge is 2.30. The summed E-state index contributed by atoms with van der Waals surface area (Å²) < 4.78 is 7.88. The Labute approximate surface area is 193 Å². The molecule has 1 unspecified atom stereocenters. The van der Waals surface area contributed by atoms with Crippen LogP contribution in [-0.4, -0.2) is 45.8 Å². The number of furan rings is 1. The molecule has 0 N–H and O–H groups in total. The van der Waals surface area contributed by atoms with Gasteiger partial charge in [0.1, 0.15) is 11.5 Å². The van der Waals surface area contributed by atoms with E-state index in [1.807, 2.05) is 11.7 Å². The van der Waals surface area contributed by atoms with E-state index >= 15 is 0 Å². The number of aryl methyl sites for hydroxylation is 3. The summed E-state index contributed by atoms with van der Waals surface area (Å²) in [5.41, 5.74) is 3.89. The Hall–Kier alpha value is -2.37. The van der Waals surface area contributed by atoms with E-state index in [-0.39, 0.29) is 0 Å². The van der Waals surface area contributed by atoms with Gasteiger partial charge in [0.2, 0.25) is 0 Å². The molecule has 1 fully saturated rings. The molecule has 0 radical (unpaired) electrons. The van der Waals surface area contributed by atoms with Crippen molar-refractivity contribution in [1.29, 1.82) is 0 Å². The molecule has 172 valence electrons. The Morgan fingerprint density at radius 3 is 2.44 bits per heavy atom. The highest BCUT2D eigenvalue weighted by molar-refractivity contribution is 5.18. The summed E-state index contributed by atoms with van der Waals surface area (Å²) in [5.74, 6) is 2.88. The molecule has 0 spiro atoms. The Morgan fingerprint density at radius 2 is 1.81 bits per heavy atom. The van der Waals surface area contributed by atoms with Crippen molar-refractivity contribution >= 4 is 0 Å². The molecular weight excluding hydrogens is 396 g/mol. The molecule has 3 heterocycles. The van der Waals surface area contributed by atoms with Crippen LogP contribution in [-0.2, 0) is 33.0 Å². The molecule has 32 heavy (non-hydrogen) atoms. The molecule has 5 heteroatoms. The molecule has 0 saturated carbocycles. The maximum absolute atomic E-state index is 5.95. The molecular formula is C27H38N4O. The van der Waals surface area contributed by atoms with Crippen molar-refractivity contribution in [1.82, 2.24) is 19.6 Å². The van der Waals surface area contributed by atoms with Crippen molar-refractivity contribution in [2.45, 2.75) is 58.7 Å². The number of hydrogen-bond donors (Lipinski definition) is 0. The van der Waals surface area contributed by atoms with Crippen molar-refractivity contribution in [2.75, 3.05) is 20.1 Å². The SMILES string of the molecule is CCc1ccc(CN2CCC(C(Cc3ccccc3)N(C)Cc3cn(C)nc3C)CC2)o1. The lowest BCUT2D eigenvalue weighted by Crippen LogP contribution is -2.45. The summed E-state index contributed by atoms with van der Waals surface area (Å²) in [6.07, 6.45) is 6.69. The summed E-state index contributed by atoms with van der Waals surface area (Å²) in [6, 6.07) is 15.8. The molecule has 0 aliphatic carbocycles. The number of likely N-dealkylation sites (N-methyl/N-ethyl adjacent to an activating group) is 1. The fraction of sp³-hybridized carbons (Fsp3) is 0.519. The number of hydrogen-bond acceptors (Lipinski definition) is 4. The van der Waals surface area contributed by atoms with Crippen LogP contribution in [0.5, 0.6) is 0 Å². The topological polar surface area (TPSA) is 37.4 Å². The standard InChI is InChI=1S/C27H38N4O/c1-5-25-11-12-26(32-25)20-31-15-13-23(14-16-31)27(17-22-9-7-6-8-10-22)29(3)18-24-19-30(4)28-21(24)2/h6-12,19,23,27H,5,13-18,20H2,1-4H3. The number of aromatic nitrogens is 2. The van der Waals surface area contributed by atoms with E-state index < -0.39 is 0 Å². The zero-order chi connectivity index (χ0) is 22.5. The van der Waals surface area contributed by atoms with Gasteiger partial charge in [-0.25, -0.2) is 0 Å². The monoisotopic (exact) mass is 434 g/mol. The van der Waals surface area contributed by atoms with E-state index in [0.29, 0.717) is 12.0 Å². The minimum atomic E-state index is 0.523. The van der Waals surface area contributed by atoms with Gasteiger partial charge in [0.05, 0.1) is 12.2 Å². The van der Waals surface area contributed by atoms with Crippen molar-refractivity contribution in [2.24, 2.45) is 13.0 Å². The van der Waals surface area contributed by atoms with Crippen LogP contribution in [0.25, 0.3) is 0 Å². The Kier molecular flexibility index (Phi) is 7.48. The van der Waals surface area contributed by atoms with Crippen molar-refractivity contribution < 1.29 is 4.42 Å². The minimum absolute atomic E-state index is 0.523. The zero-order valence-corrected chi connectivity index (χ0v) is 20.1. The summed E-state index contributed by atoms with van der Waals surface area (Å²) >= 11 is 0. The predicted molar refractivity (Wildman–Crippen MR) is 129 cm³/mol. The second kappa shape index (κ2) is 10.5. The van der Waals surface area contributed by atoms with Gasteiger partial charge in [-0.05, 0) is 69.9 Å². The lowest BCUT2D eigenvalue weighted by atomic mass is 9.84. The van der Waals surface area contributed by atoms with Gasteiger partial charge in [0, 0.05) is 37.8 Å². The van der Waals surface area contributed by atoms with Crippen LogP contribution >= 0.6 is 0 Å². The Balaban J connectivity index is 1.42. The first-order valence-corrected chi connectivity index (χ1v) is 12.0. The lowest BCUT2D eigenvalue weighted by Gasteiger charge is -2.40. The molecule has 1 aliphatic rings. The molecule has 1 saturated heterocycles. The number of likely N-dealkylation sites (tertiary alicyclic amines) is 1. The molecule has 5 nitrogen and oxygen atoms in total. The van der Waals surface area contributed by atoms with Crippen LogP contribution < -0.4 is 0 Å². The Bertz CT molecular complexity index is 969. The van der Waals surface area contributed by atoms with E-state index in [1.165, 1.54) is 24.0 Å². The molecule has 0 bridgehead atoms. The zero-order valence-electron chi connectivity index (χ0n) is 20.1. The quantitative estimate of drug-likeness (QED) is 0.483. The van der Waals surface area contributed by atoms with E-state index in [1.54, 1.807) is 0 Å². The van der Waals surface area contributed by atoms with Gasteiger partial charge in [-0.1, -0.05) is 37.3 Å². The fourth-order valence-electron chi connectivity index (χ4n) is 5.14. The normalized spacial score (nSPS) is 16.7.